The molecule has 0 aliphatic carbocycles. The maximum Gasteiger partial charge on any atom is 0.119 e. The van der Waals surface area contributed by atoms with Crippen LogP contribution in [-0.4, -0.2) is 44.5 Å². The van der Waals surface area contributed by atoms with Crippen molar-refractivity contribution in [2.24, 2.45) is 4.99 Å². The summed E-state index contributed by atoms with van der Waals surface area (Å²) in [4.78, 5) is 6.24. The van der Waals surface area contributed by atoms with Gasteiger partial charge in [-0.15, -0.1) is 0 Å². The number of amidine groups is 1. The molecule has 0 unspecified atom stereocenters. The van der Waals surface area contributed by atoms with E-state index in [1.165, 1.54) is 0 Å². The SMILES string of the molecule is C=CC(=NC)NCCN(C)CC. The van der Waals surface area contributed by atoms with Crippen LogP contribution in [0.1, 0.15) is 6.92 Å². The van der Waals surface area contributed by atoms with Gasteiger partial charge in [-0.05, 0) is 19.7 Å². The Bertz CT molecular complexity index is 152. The molecular formula is C9H19N3. The van der Waals surface area contributed by atoms with Crippen molar-refractivity contribution in [3.63, 3.8) is 0 Å². The Balaban J connectivity index is 3.48. The Hall–Kier alpha value is -0.830. The monoisotopic (exact) mass is 169 g/mol. The number of nitrogens with one attached hydrogen (secondary N) is 1. The van der Waals surface area contributed by atoms with Crippen molar-refractivity contribution < 1.29 is 0 Å². The topological polar surface area (TPSA) is 27.6 Å². The van der Waals surface area contributed by atoms with Gasteiger partial charge >= 0.3 is 0 Å². The summed E-state index contributed by atoms with van der Waals surface area (Å²) >= 11 is 0. The lowest BCUT2D eigenvalue weighted by Gasteiger charge is -2.14. The summed E-state index contributed by atoms with van der Waals surface area (Å²) in [5.41, 5.74) is 0. The van der Waals surface area contributed by atoms with Gasteiger partial charge in [-0.25, -0.2) is 0 Å². The van der Waals surface area contributed by atoms with Gasteiger partial charge in [0.25, 0.3) is 0 Å². The first kappa shape index (κ1) is 11.2. The highest BCUT2D eigenvalue weighted by molar-refractivity contribution is 5.92. The van der Waals surface area contributed by atoms with Crippen molar-refractivity contribution in [3.05, 3.63) is 12.7 Å². The molecule has 0 atom stereocenters. The zero-order valence-electron chi connectivity index (χ0n) is 8.30. The number of rotatable bonds is 5. The lowest BCUT2D eigenvalue weighted by molar-refractivity contribution is 0.357. The van der Waals surface area contributed by atoms with Crippen LogP contribution in [0.15, 0.2) is 17.6 Å². The van der Waals surface area contributed by atoms with Gasteiger partial charge < -0.3 is 10.2 Å². The zero-order valence-corrected chi connectivity index (χ0v) is 8.30. The van der Waals surface area contributed by atoms with E-state index in [2.05, 4.69) is 35.8 Å². The van der Waals surface area contributed by atoms with Gasteiger partial charge in [0.1, 0.15) is 5.84 Å². The first-order valence-electron chi connectivity index (χ1n) is 4.26. The van der Waals surface area contributed by atoms with Gasteiger partial charge in [-0.2, -0.15) is 0 Å². The van der Waals surface area contributed by atoms with Crippen molar-refractivity contribution in [2.75, 3.05) is 33.7 Å². The molecule has 0 radical (unpaired) electrons. The molecule has 70 valence electrons. The molecule has 0 aliphatic rings. The van der Waals surface area contributed by atoms with E-state index < -0.39 is 0 Å². The second-order valence-corrected chi connectivity index (χ2v) is 2.64. The van der Waals surface area contributed by atoms with E-state index in [-0.39, 0.29) is 0 Å². The lowest BCUT2D eigenvalue weighted by atomic mass is 10.5. The van der Waals surface area contributed by atoms with Crippen molar-refractivity contribution in [2.45, 2.75) is 6.92 Å². The average molecular weight is 169 g/mol. The Labute approximate surface area is 75.2 Å². The maximum atomic E-state index is 4.00. The summed E-state index contributed by atoms with van der Waals surface area (Å²) in [6.45, 7) is 8.81. The molecule has 0 aliphatic heterocycles. The molecule has 0 bridgehead atoms. The molecule has 0 spiro atoms. The predicted octanol–water partition coefficient (Wildman–Crippen LogP) is 0.742. The van der Waals surface area contributed by atoms with E-state index in [1.807, 2.05) is 0 Å². The zero-order chi connectivity index (χ0) is 9.40. The lowest BCUT2D eigenvalue weighted by Crippen LogP contribution is -2.31. The molecule has 0 rings (SSSR count). The fraction of sp³-hybridized carbons (Fsp3) is 0.667. The van der Waals surface area contributed by atoms with Crippen molar-refractivity contribution in [1.29, 1.82) is 0 Å². The average Bonchev–Trinajstić information content (AvgIpc) is 2.12. The number of hydrogen-bond donors (Lipinski definition) is 1. The van der Waals surface area contributed by atoms with Gasteiger partial charge in [0.15, 0.2) is 0 Å². The van der Waals surface area contributed by atoms with Crippen LogP contribution in [-0.2, 0) is 0 Å². The van der Waals surface area contributed by atoms with E-state index in [0.29, 0.717) is 0 Å². The van der Waals surface area contributed by atoms with Gasteiger partial charge in [-0.1, -0.05) is 13.5 Å². The second kappa shape index (κ2) is 6.85. The summed E-state index contributed by atoms with van der Waals surface area (Å²) in [7, 11) is 3.85. The third-order valence-corrected chi connectivity index (χ3v) is 1.77. The number of likely N-dealkylation sites (N-methyl/N-ethyl adjacent to an activating group) is 1. The van der Waals surface area contributed by atoms with Gasteiger partial charge in [-0.3, -0.25) is 4.99 Å². The van der Waals surface area contributed by atoms with Crippen LogP contribution in [0.2, 0.25) is 0 Å². The fourth-order valence-electron chi connectivity index (χ4n) is 0.775. The second-order valence-electron chi connectivity index (χ2n) is 2.64. The standard InChI is InChI=1S/C9H19N3/c1-5-9(10-3)11-7-8-12(4)6-2/h5H,1,6-8H2,2-4H3,(H,10,11). The van der Waals surface area contributed by atoms with Crippen LogP contribution in [0.25, 0.3) is 0 Å². The highest BCUT2D eigenvalue weighted by atomic mass is 15.1. The molecule has 0 saturated heterocycles. The first-order chi connectivity index (χ1) is 5.74. The van der Waals surface area contributed by atoms with Crippen LogP contribution in [0.4, 0.5) is 0 Å². The number of nitrogens with zero attached hydrogens (tertiary/aromatic N) is 2. The summed E-state index contributed by atoms with van der Waals surface area (Å²) in [6.07, 6.45) is 1.73. The molecule has 12 heavy (non-hydrogen) atoms. The minimum absolute atomic E-state index is 0.861. The Kier molecular flexibility index (Phi) is 6.38. The number of hydrogen-bond acceptors (Lipinski definition) is 2. The minimum atomic E-state index is 0.861. The molecule has 0 aromatic carbocycles. The summed E-state index contributed by atoms with van der Waals surface area (Å²) in [6, 6.07) is 0. The largest absolute Gasteiger partial charge is 0.369 e. The molecule has 1 N–H and O–H groups in total. The summed E-state index contributed by atoms with van der Waals surface area (Å²) < 4.78 is 0. The van der Waals surface area contributed by atoms with Crippen LogP contribution in [0.3, 0.4) is 0 Å². The smallest absolute Gasteiger partial charge is 0.119 e. The van der Waals surface area contributed by atoms with Crippen LogP contribution in [0, 0.1) is 0 Å². The van der Waals surface area contributed by atoms with Crippen molar-refractivity contribution >= 4 is 5.84 Å². The predicted molar refractivity (Wildman–Crippen MR) is 54.7 cm³/mol. The van der Waals surface area contributed by atoms with E-state index in [4.69, 9.17) is 0 Å². The molecule has 0 heterocycles. The van der Waals surface area contributed by atoms with E-state index in [0.717, 1.165) is 25.5 Å². The van der Waals surface area contributed by atoms with E-state index >= 15 is 0 Å². The summed E-state index contributed by atoms with van der Waals surface area (Å²) in [5, 5.41) is 3.17. The molecule has 0 fully saturated rings. The molecular weight excluding hydrogens is 150 g/mol. The number of aliphatic imine (C=N–C) groups is 1. The van der Waals surface area contributed by atoms with Crippen molar-refractivity contribution in [1.82, 2.24) is 10.2 Å². The summed E-state index contributed by atoms with van der Waals surface area (Å²) in [5.74, 6) is 0.861. The third kappa shape index (κ3) is 4.91. The molecule has 0 aromatic heterocycles. The van der Waals surface area contributed by atoms with Crippen LogP contribution in [0.5, 0.6) is 0 Å². The Morgan fingerprint density at radius 2 is 2.33 bits per heavy atom. The van der Waals surface area contributed by atoms with Crippen molar-refractivity contribution in [3.8, 4) is 0 Å². The maximum absolute atomic E-state index is 4.00. The van der Waals surface area contributed by atoms with Gasteiger partial charge in [0, 0.05) is 20.1 Å². The Morgan fingerprint density at radius 3 is 2.75 bits per heavy atom. The molecule has 0 amide bonds. The fourth-order valence-corrected chi connectivity index (χ4v) is 0.775. The molecule has 0 aromatic rings. The van der Waals surface area contributed by atoms with Gasteiger partial charge in [0.2, 0.25) is 0 Å². The highest BCUT2D eigenvalue weighted by Crippen LogP contribution is 1.79. The Morgan fingerprint density at radius 1 is 1.67 bits per heavy atom. The third-order valence-electron chi connectivity index (χ3n) is 1.77. The quantitative estimate of drug-likeness (QED) is 0.485. The van der Waals surface area contributed by atoms with E-state index in [1.54, 1.807) is 13.1 Å². The highest BCUT2D eigenvalue weighted by Gasteiger charge is 1.93. The first-order valence-corrected chi connectivity index (χ1v) is 4.26. The molecule has 3 heteroatoms. The van der Waals surface area contributed by atoms with Crippen LogP contribution >= 0.6 is 0 Å². The molecule has 3 nitrogen and oxygen atoms in total. The van der Waals surface area contributed by atoms with Crippen LogP contribution < -0.4 is 5.32 Å². The normalized spacial score (nSPS) is 11.8. The molecule has 0 saturated carbocycles. The van der Waals surface area contributed by atoms with Gasteiger partial charge in [0.05, 0.1) is 0 Å². The minimum Gasteiger partial charge on any atom is -0.369 e. The van der Waals surface area contributed by atoms with E-state index in [9.17, 15) is 0 Å².